The number of ether oxygens (including phenoxy) is 1. The van der Waals surface area contributed by atoms with E-state index in [0.717, 1.165) is 4.57 Å². The van der Waals surface area contributed by atoms with E-state index in [4.69, 9.17) is 50.1 Å². The summed E-state index contributed by atoms with van der Waals surface area (Å²) in [4.78, 5) is 126. The lowest BCUT2D eigenvalue weighted by Crippen LogP contribution is -2.52. The third-order valence-corrected chi connectivity index (χ3v) is 12.9. The highest BCUT2D eigenvalue weighted by atomic mass is 33.1. The average molecular weight is 1010 g/mol. The van der Waals surface area contributed by atoms with Crippen molar-refractivity contribution in [2.24, 2.45) is 5.73 Å². The number of aliphatic carboxylic acids is 3. The molecule has 27 nitrogen and oxygen atoms in total. The summed E-state index contributed by atoms with van der Waals surface area (Å²) in [7, 11) is -3.57. The van der Waals surface area contributed by atoms with E-state index in [1.807, 2.05) is 5.32 Å². The van der Waals surface area contributed by atoms with Gasteiger partial charge in [-0.15, -0.1) is 0 Å². The number of anilines is 1. The highest BCUT2D eigenvalue weighted by Gasteiger charge is 2.36. The number of carbonyl (C=O) groups excluding carboxylic acids is 4. The van der Waals surface area contributed by atoms with Crippen LogP contribution >= 0.6 is 47.8 Å². The number of unbranched alkanes of at least 4 members (excludes halogenated alkanes) is 2. The molecule has 4 amide bonds. The molecule has 0 spiro atoms. The minimum atomic E-state index is -2.82. The summed E-state index contributed by atoms with van der Waals surface area (Å²) in [5.74, 6) is -1.29. The molecule has 15 N–H and O–H groups in total. The molecule has 0 saturated carbocycles. The van der Waals surface area contributed by atoms with Gasteiger partial charge in [0.25, 0.3) is 0 Å². The minimum Gasteiger partial charge on any atom is -0.481 e. The van der Waals surface area contributed by atoms with E-state index < -0.39 is 117 Å². The van der Waals surface area contributed by atoms with Crippen molar-refractivity contribution < 1.29 is 86.5 Å². The number of amides is 4. The summed E-state index contributed by atoms with van der Waals surface area (Å²) in [5.41, 5.74) is 11.2. The Morgan fingerprint density at radius 2 is 1.67 bits per heavy atom. The maximum absolute atomic E-state index is 12.5. The second-order valence-corrected chi connectivity index (χ2v) is 18.5. The van der Waals surface area contributed by atoms with Crippen LogP contribution in [-0.2, 0) is 51.4 Å². The Hall–Kier alpha value is -3.84. The van der Waals surface area contributed by atoms with Gasteiger partial charge in [0.05, 0.1) is 43.7 Å². The smallest absolute Gasteiger partial charge is 0.351 e. The first-order chi connectivity index (χ1) is 30.3. The van der Waals surface area contributed by atoms with Gasteiger partial charge in [0.15, 0.2) is 9.03 Å². The Balaban J connectivity index is 1.63. The lowest BCUT2D eigenvalue weighted by molar-refractivity contribution is -0.148. The maximum atomic E-state index is 12.5. The van der Waals surface area contributed by atoms with E-state index in [-0.39, 0.29) is 62.0 Å². The second-order valence-electron chi connectivity index (χ2n) is 13.1. The number of hydrogen-bond donors (Lipinski definition) is 13. The number of rotatable bonds is 30. The van der Waals surface area contributed by atoms with Crippen molar-refractivity contribution in [2.45, 2.75) is 87.9 Å². The van der Waals surface area contributed by atoms with Crippen LogP contribution in [0.1, 0.15) is 63.2 Å². The van der Waals surface area contributed by atoms with Gasteiger partial charge in [-0.25, -0.2) is 13.9 Å². The molecule has 2 rings (SSSR count). The molecular weight excluding hydrogens is 957 g/mol. The lowest BCUT2D eigenvalue weighted by atomic mass is 10.1. The minimum absolute atomic E-state index is 0.0127. The van der Waals surface area contributed by atoms with Gasteiger partial charge in [-0.05, 0) is 12.8 Å². The van der Waals surface area contributed by atoms with Gasteiger partial charge >= 0.3 is 40.8 Å². The summed E-state index contributed by atoms with van der Waals surface area (Å²) in [6.07, 6.45) is -2.20. The first-order valence-electron chi connectivity index (χ1n) is 18.7. The number of carboxylic acids is 3. The Bertz CT molecular complexity index is 1880. The van der Waals surface area contributed by atoms with E-state index in [9.17, 15) is 48.4 Å². The van der Waals surface area contributed by atoms with E-state index in [2.05, 4.69) is 37.1 Å². The lowest BCUT2D eigenvalue weighted by Gasteiger charge is -2.19. The zero-order valence-corrected chi connectivity index (χ0v) is 37.9. The van der Waals surface area contributed by atoms with Crippen LogP contribution in [0.2, 0.25) is 0 Å². The van der Waals surface area contributed by atoms with Crippen LogP contribution in [0.3, 0.4) is 0 Å². The number of aromatic nitrogens is 2. The number of aliphatic hydroxyl groups excluding tert-OH is 1. The van der Waals surface area contributed by atoms with Crippen molar-refractivity contribution in [3.8, 4) is 11.8 Å². The highest BCUT2D eigenvalue weighted by Crippen LogP contribution is 2.50. The van der Waals surface area contributed by atoms with Gasteiger partial charge in [0.1, 0.15) is 30.2 Å². The molecule has 0 bridgehead atoms. The molecule has 0 aromatic carbocycles. The van der Waals surface area contributed by atoms with Crippen LogP contribution in [0.4, 0.5) is 5.82 Å². The van der Waals surface area contributed by atoms with Gasteiger partial charge < -0.3 is 77.1 Å². The largest absolute Gasteiger partial charge is 0.481 e. The molecule has 6 unspecified atom stereocenters. The summed E-state index contributed by atoms with van der Waals surface area (Å²) in [6.45, 7) is -0.0193. The van der Waals surface area contributed by atoms with Crippen LogP contribution in [0.25, 0.3) is 0 Å². The molecule has 2 heterocycles. The molecule has 1 aromatic heterocycles. The Labute approximate surface area is 376 Å². The van der Waals surface area contributed by atoms with Crippen LogP contribution in [0.5, 0.6) is 0 Å². The normalized spacial score (nSPS) is 17.8. The molecule has 1 aromatic rings. The molecule has 1 aliphatic rings. The van der Waals surface area contributed by atoms with E-state index in [1.54, 1.807) is 0 Å². The molecule has 8 atom stereocenters. The average Bonchev–Trinajstić information content (AvgIpc) is 3.57. The number of nitrogen functional groups attached to an aromatic ring is 1. The Morgan fingerprint density at radius 3 is 2.34 bits per heavy atom. The second kappa shape index (κ2) is 30.4. The number of hydrogen-bond acceptors (Lipinski definition) is 21. The number of carboxylic acid groups (broad SMARTS) is 3. The molecule has 1 fully saturated rings. The van der Waals surface area contributed by atoms with Crippen LogP contribution < -0.4 is 38.4 Å². The summed E-state index contributed by atoms with van der Waals surface area (Å²) < 4.78 is 21.0. The molecule has 1 saturated heterocycles. The van der Waals surface area contributed by atoms with Gasteiger partial charge in [-0.1, -0.05) is 39.8 Å². The van der Waals surface area contributed by atoms with Gasteiger partial charge in [-0.2, -0.15) is 4.98 Å². The summed E-state index contributed by atoms with van der Waals surface area (Å²) in [5, 5.41) is 46.8. The van der Waals surface area contributed by atoms with Crippen molar-refractivity contribution in [1.82, 2.24) is 30.8 Å². The predicted octanol–water partition coefficient (Wildman–Crippen LogP) is -2.29. The number of nitrogens with zero attached hydrogens (tertiary/aromatic N) is 2. The van der Waals surface area contributed by atoms with Gasteiger partial charge in [-0.3, -0.25) is 37.6 Å². The van der Waals surface area contributed by atoms with E-state index >= 15 is 0 Å². The van der Waals surface area contributed by atoms with Crippen LogP contribution in [-0.4, -0.2) is 148 Å². The third-order valence-electron chi connectivity index (χ3n) is 8.14. The highest BCUT2D eigenvalue weighted by molar-refractivity contribution is 8.76. The topological polar surface area (TPSA) is 433 Å². The molecule has 0 aliphatic carbocycles. The SMILES string of the molecule is Nc1nc(=O)n([C@H]2CC(O)[C@@H](COPOP(O)OP(O)O)O2)cc1C#CCNC(=O)CCSSCC(N)C(=O)NCCCCCC(=O)NC(CC(=O)O)C(=O)NC(CC(=O)O)C(=O)O. The fourth-order valence-corrected chi connectivity index (χ4v) is 8.81. The Morgan fingerprint density at radius 1 is 0.969 bits per heavy atom. The molecule has 0 radical (unpaired) electrons. The van der Waals surface area contributed by atoms with Crippen molar-refractivity contribution in [1.29, 1.82) is 0 Å². The molecule has 32 heteroatoms. The van der Waals surface area contributed by atoms with Crippen molar-refractivity contribution in [3.63, 3.8) is 0 Å². The molecule has 64 heavy (non-hydrogen) atoms. The quantitative estimate of drug-likeness (QED) is 0.0167. The first kappa shape index (κ1) is 56.3. The predicted molar refractivity (Wildman–Crippen MR) is 229 cm³/mol. The standard InChI is InChI=1S/C32H49N8O19P3S2/c33-18(29(48)36-8-3-1-2-6-24(43)37-19(11-26(44)45)30(49)38-20(31(50)51)12-27(46)47)16-64-63-10-7-23(42)35-9-4-5-17-14-40(32(52)39-28(17)34)25-13-21(41)22(57-25)15-56-60-58-62(55)59-61(53)54/h14,18-22,25,41,53-55,60H,1-3,6-13,15-16,33H2,(H,35,42)(H,36,48)(H,37,43)(H,38,49)(H,44,45)(H,46,47)(H,50,51)(H2,34,39,52)/t18?,19?,20?,21?,22-,25-,62?/m1/s1. The van der Waals surface area contributed by atoms with E-state index in [1.165, 1.54) is 27.8 Å². The van der Waals surface area contributed by atoms with Crippen LogP contribution in [0.15, 0.2) is 11.0 Å². The Kier molecular flexibility index (Phi) is 26.7. The molecule has 1 aliphatic heterocycles. The fraction of sp³-hybridized carbons (Fsp3) is 0.594. The van der Waals surface area contributed by atoms with Crippen molar-refractivity contribution in [3.05, 3.63) is 22.2 Å². The molecule has 358 valence electrons. The zero-order valence-electron chi connectivity index (χ0n) is 33.5. The summed E-state index contributed by atoms with van der Waals surface area (Å²) >= 11 is 0. The van der Waals surface area contributed by atoms with Crippen molar-refractivity contribution in [2.75, 3.05) is 36.9 Å². The number of nitrogens with one attached hydrogen (secondary N) is 4. The first-order valence-corrected chi connectivity index (χ1v) is 24.3. The summed E-state index contributed by atoms with van der Waals surface area (Å²) in [6, 6.07) is -4.32. The molecular formula is C32H49N8O19P3S2. The van der Waals surface area contributed by atoms with E-state index in [0.29, 0.717) is 25.0 Å². The van der Waals surface area contributed by atoms with Gasteiger partial charge in [0.2, 0.25) is 23.6 Å². The number of nitrogens with two attached hydrogens (primary N) is 2. The third kappa shape index (κ3) is 22.9. The zero-order chi connectivity index (χ0) is 47.8. The fourth-order valence-electron chi connectivity index (χ4n) is 5.06. The number of aliphatic hydroxyl groups is 1. The monoisotopic (exact) mass is 1010 g/mol. The van der Waals surface area contributed by atoms with Crippen LogP contribution in [0, 0.1) is 11.8 Å². The van der Waals surface area contributed by atoms with Gasteiger partial charge in [0, 0.05) is 43.5 Å². The number of carbonyl (C=O) groups is 7. The van der Waals surface area contributed by atoms with Crippen molar-refractivity contribution >= 4 is 95.2 Å². The maximum Gasteiger partial charge on any atom is 0.351 e.